The molecule has 2 N–H and O–H groups in total. The van der Waals surface area contributed by atoms with Crippen LogP contribution in [0.5, 0.6) is 0 Å². The van der Waals surface area contributed by atoms with Crippen LogP contribution in [0.1, 0.15) is 6.92 Å². The van der Waals surface area contributed by atoms with Crippen molar-refractivity contribution in [2.24, 2.45) is 0 Å². The van der Waals surface area contributed by atoms with E-state index in [1.807, 2.05) is 18.3 Å². The Balaban J connectivity index is 2.47. The van der Waals surface area contributed by atoms with Crippen LogP contribution in [0.3, 0.4) is 0 Å². The molecule has 0 fully saturated rings. The minimum absolute atomic E-state index is 0.483. The number of hydrogen-bond donors (Lipinski definition) is 2. The molecule has 1 heterocycles. The van der Waals surface area contributed by atoms with Gasteiger partial charge in [0, 0.05) is 19.3 Å². The molecule has 0 aliphatic carbocycles. The summed E-state index contributed by atoms with van der Waals surface area (Å²) in [5, 5.41) is 1.99. The van der Waals surface area contributed by atoms with Gasteiger partial charge in [0.1, 0.15) is 0 Å². The average Bonchev–Trinajstić information content (AvgIpc) is 1.77. The zero-order valence-electron chi connectivity index (χ0n) is 5.18. The van der Waals surface area contributed by atoms with Gasteiger partial charge in [-0.2, -0.15) is 5.53 Å². The van der Waals surface area contributed by atoms with Crippen LogP contribution in [-0.4, -0.2) is 18.1 Å². The monoisotopic (exact) mass is 113 g/mol. The van der Waals surface area contributed by atoms with Gasteiger partial charge in [-0.25, -0.2) is 5.01 Å². The van der Waals surface area contributed by atoms with Gasteiger partial charge in [-0.05, 0) is 13.0 Å². The highest BCUT2D eigenvalue weighted by atomic mass is 15.7. The van der Waals surface area contributed by atoms with Crippen LogP contribution in [0.4, 0.5) is 0 Å². The summed E-state index contributed by atoms with van der Waals surface area (Å²) in [5.41, 5.74) is 5.79. The molecule has 1 atom stereocenters. The molecule has 46 valence electrons. The van der Waals surface area contributed by atoms with E-state index in [2.05, 4.69) is 24.0 Å². The lowest BCUT2D eigenvalue weighted by Gasteiger charge is -2.26. The topological polar surface area (TPSA) is 27.3 Å². The Hall–Kier alpha value is -0.540. The molecule has 0 saturated heterocycles. The van der Waals surface area contributed by atoms with Crippen molar-refractivity contribution < 1.29 is 0 Å². The van der Waals surface area contributed by atoms with Crippen molar-refractivity contribution in [3.63, 3.8) is 0 Å². The molecule has 3 nitrogen and oxygen atoms in total. The number of nitrogens with one attached hydrogen (secondary N) is 2. The molecular formula is C5H11N3. The first-order valence-electron chi connectivity index (χ1n) is 2.71. The maximum absolute atomic E-state index is 2.93. The van der Waals surface area contributed by atoms with E-state index in [1.54, 1.807) is 0 Å². The van der Waals surface area contributed by atoms with E-state index in [0.717, 1.165) is 0 Å². The van der Waals surface area contributed by atoms with E-state index >= 15 is 0 Å². The molecule has 1 rings (SSSR count). The smallest absolute Gasteiger partial charge is 0.0426 e. The van der Waals surface area contributed by atoms with Gasteiger partial charge >= 0.3 is 0 Å². The van der Waals surface area contributed by atoms with E-state index in [-0.39, 0.29) is 0 Å². The normalized spacial score (nSPS) is 30.0. The number of likely N-dealkylation sites (N-methyl/N-ethyl adjacent to an activating group) is 1. The molecule has 0 aromatic rings. The second-order valence-electron chi connectivity index (χ2n) is 1.97. The molecule has 0 saturated carbocycles. The fourth-order valence-electron chi connectivity index (χ4n) is 0.557. The first-order valence-corrected chi connectivity index (χ1v) is 2.71. The predicted molar refractivity (Wildman–Crippen MR) is 32.6 cm³/mol. The summed E-state index contributed by atoms with van der Waals surface area (Å²) in [6, 6.07) is 0.483. The number of hydrogen-bond acceptors (Lipinski definition) is 3. The summed E-state index contributed by atoms with van der Waals surface area (Å²) in [5.74, 6) is 0. The highest BCUT2D eigenvalue weighted by molar-refractivity contribution is 4.90. The Bertz CT molecular complexity index is 99.8. The number of rotatable bonds is 0. The summed E-state index contributed by atoms with van der Waals surface area (Å²) >= 11 is 0. The second-order valence-corrected chi connectivity index (χ2v) is 1.97. The van der Waals surface area contributed by atoms with E-state index in [0.29, 0.717) is 6.04 Å². The summed E-state index contributed by atoms with van der Waals surface area (Å²) in [6.45, 7) is 2.12. The van der Waals surface area contributed by atoms with Gasteiger partial charge in [0.15, 0.2) is 0 Å². The average molecular weight is 113 g/mol. The third kappa shape index (κ3) is 0.993. The van der Waals surface area contributed by atoms with Crippen LogP contribution in [0.25, 0.3) is 0 Å². The van der Waals surface area contributed by atoms with Crippen LogP contribution in [0.15, 0.2) is 12.3 Å². The van der Waals surface area contributed by atoms with Crippen LogP contribution < -0.4 is 11.0 Å². The third-order valence-corrected chi connectivity index (χ3v) is 1.31. The standard InChI is InChI=1S/C5H11N3/c1-5-3-4-6-7-8(5)2/h3-7H,1-2H3. The Labute approximate surface area is 49.3 Å². The zero-order chi connectivity index (χ0) is 5.98. The van der Waals surface area contributed by atoms with Crippen molar-refractivity contribution in [3.8, 4) is 0 Å². The van der Waals surface area contributed by atoms with E-state index < -0.39 is 0 Å². The van der Waals surface area contributed by atoms with Crippen LogP contribution in [-0.2, 0) is 0 Å². The number of nitrogens with zero attached hydrogens (tertiary/aromatic N) is 1. The van der Waals surface area contributed by atoms with Crippen LogP contribution >= 0.6 is 0 Å². The van der Waals surface area contributed by atoms with Gasteiger partial charge in [0.2, 0.25) is 0 Å². The molecule has 1 aliphatic rings. The van der Waals surface area contributed by atoms with Gasteiger partial charge in [-0.3, -0.25) is 0 Å². The third-order valence-electron chi connectivity index (χ3n) is 1.31. The Morgan fingerprint density at radius 2 is 2.38 bits per heavy atom. The molecule has 0 aromatic carbocycles. The van der Waals surface area contributed by atoms with Crippen molar-refractivity contribution in [3.05, 3.63) is 12.3 Å². The first kappa shape index (κ1) is 5.59. The van der Waals surface area contributed by atoms with Gasteiger partial charge in [0.05, 0.1) is 0 Å². The minimum atomic E-state index is 0.483. The van der Waals surface area contributed by atoms with Crippen molar-refractivity contribution in [1.29, 1.82) is 0 Å². The first-order chi connectivity index (χ1) is 3.80. The Morgan fingerprint density at radius 3 is 2.75 bits per heavy atom. The second kappa shape index (κ2) is 2.15. The maximum Gasteiger partial charge on any atom is 0.0426 e. The predicted octanol–water partition coefficient (Wildman–Crippen LogP) is -0.157. The Morgan fingerprint density at radius 1 is 1.62 bits per heavy atom. The summed E-state index contributed by atoms with van der Waals surface area (Å²) in [4.78, 5) is 0. The zero-order valence-corrected chi connectivity index (χ0v) is 5.18. The molecule has 0 bridgehead atoms. The van der Waals surface area contributed by atoms with Crippen LogP contribution in [0, 0.1) is 0 Å². The van der Waals surface area contributed by atoms with Gasteiger partial charge in [0.25, 0.3) is 0 Å². The highest BCUT2D eigenvalue weighted by Crippen LogP contribution is 1.93. The largest absolute Gasteiger partial charge is 0.316 e. The van der Waals surface area contributed by atoms with Gasteiger partial charge in [-0.15, -0.1) is 0 Å². The molecule has 0 spiro atoms. The lowest BCUT2D eigenvalue weighted by Crippen LogP contribution is -2.49. The maximum atomic E-state index is 2.93. The lowest BCUT2D eigenvalue weighted by atomic mass is 10.3. The molecule has 0 amide bonds. The Kier molecular flexibility index (Phi) is 1.50. The number of hydrazine groups is 2. The molecule has 0 aromatic heterocycles. The van der Waals surface area contributed by atoms with Crippen molar-refractivity contribution in [2.45, 2.75) is 13.0 Å². The van der Waals surface area contributed by atoms with E-state index in [9.17, 15) is 0 Å². The summed E-state index contributed by atoms with van der Waals surface area (Å²) < 4.78 is 0. The van der Waals surface area contributed by atoms with Gasteiger partial charge in [-0.1, -0.05) is 0 Å². The minimum Gasteiger partial charge on any atom is -0.316 e. The van der Waals surface area contributed by atoms with Crippen molar-refractivity contribution in [2.75, 3.05) is 7.05 Å². The fourth-order valence-corrected chi connectivity index (χ4v) is 0.557. The SMILES string of the molecule is CC1C=CNNN1C. The van der Waals surface area contributed by atoms with Crippen molar-refractivity contribution >= 4 is 0 Å². The van der Waals surface area contributed by atoms with Gasteiger partial charge < -0.3 is 5.43 Å². The molecule has 1 unspecified atom stereocenters. The molecule has 0 radical (unpaired) electrons. The van der Waals surface area contributed by atoms with Crippen molar-refractivity contribution in [1.82, 2.24) is 16.0 Å². The lowest BCUT2D eigenvalue weighted by molar-refractivity contribution is 0.167. The highest BCUT2D eigenvalue weighted by Gasteiger charge is 2.05. The van der Waals surface area contributed by atoms with E-state index in [4.69, 9.17) is 0 Å². The summed E-state index contributed by atoms with van der Waals surface area (Å²) in [6.07, 6.45) is 3.97. The molecule has 8 heavy (non-hydrogen) atoms. The molecule has 3 heteroatoms. The molecular weight excluding hydrogens is 102 g/mol. The van der Waals surface area contributed by atoms with E-state index in [1.165, 1.54) is 0 Å². The quantitative estimate of drug-likeness (QED) is 0.457. The summed E-state index contributed by atoms with van der Waals surface area (Å²) in [7, 11) is 1.99. The molecule has 1 aliphatic heterocycles. The fraction of sp³-hybridized carbons (Fsp3) is 0.600. The van der Waals surface area contributed by atoms with Crippen LogP contribution in [0.2, 0.25) is 0 Å².